The molecule has 0 radical (unpaired) electrons. The first kappa shape index (κ1) is 14.8. The van der Waals surface area contributed by atoms with Gasteiger partial charge in [-0.25, -0.2) is 9.59 Å². The van der Waals surface area contributed by atoms with Gasteiger partial charge in [0.05, 0.1) is 12.7 Å². The number of carboxylic acids is 2. The van der Waals surface area contributed by atoms with Crippen molar-refractivity contribution in [3.05, 3.63) is 23.8 Å². The van der Waals surface area contributed by atoms with Gasteiger partial charge in [0.2, 0.25) is 0 Å². The second-order valence-electron chi connectivity index (χ2n) is 3.90. The van der Waals surface area contributed by atoms with Gasteiger partial charge in [0.1, 0.15) is 0 Å². The average molecular weight is 268 g/mol. The van der Waals surface area contributed by atoms with Crippen LogP contribution in [0.25, 0.3) is 0 Å². The first-order chi connectivity index (χ1) is 8.99. The lowest BCUT2D eigenvalue weighted by molar-refractivity contribution is -0.145. The molecule has 19 heavy (non-hydrogen) atoms. The minimum Gasteiger partial charge on any atom is -0.493 e. The molecule has 0 bridgehead atoms. The van der Waals surface area contributed by atoms with Crippen molar-refractivity contribution in [1.29, 1.82) is 0 Å². The van der Waals surface area contributed by atoms with E-state index in [2.05, 4.69) is 0 Å². The smallest absolute Gasteiger partial charge is 0.344 e. The van der Waals surface area contributed by atoms with Crippen molar-refractivity contribution < 1.29 is 29.3 Å². The van der Waals surface area contributed by atoms with E-state index < -0.39 is 18.0 Å². The Hall–Kier alpha value is -2.24. The number of aliphatic carboxylic acids is 1. The van der Waals surface area contributed by atoms with Crippen LogP contribution in [-0.4, -0.2) is 35.4 Å². The fourth-order valence-electron chi connectivity index (χ4n) is 1.55. The molecule has 6 heteroatoms. The highest BCUT2D eigenvalue weighted by Gasteiger charge is 2.20. The summed E-state index contributed by atoms with van der Waals surface area (Å²) in [5, 5.41) is 17.9. The van der Waals surface area contributed by atoms with Gasteiger partial charge in [-0.15, -0.1) is 0 Å². The van der Waals surface area contributed by atoms with Crippen molar-refractivity contribution in [1.82, 2.24) is 0 Å². The lowest BCUT2D eigenvalue weighted by Crippen LogP contribution is -2.26. The van der Waals surface area contributed by atoms with Gasteiger partial charge >= 0.3 is 11.9 Å². The number of hydrogen-bond acceptors (Lipinski definition) is 4. The summed E-state index contributed by atoms with van der Waals surface area (Å²) in [7, 11) is 1.36. The predicted octanol–water partition coefficient (Wildman–Crippen LogP) is 2.03. The summed E-state index contributed by atoms with van der Waals surface area (Å²) < 4.78 is 10.4. The van der Waals surface area contributed by atoms with Crippen molar-refractivity contribution >= 4 is 11.9 Å². The number of ether oxygens (including phenoxy) is 2. The Morgan fingerprint density at radius 1 is 1.26 bits per heavy atom. The maximum atomic E-state index is 11.0. The quantitative estimate of drug-likeness (QED) is 0.785. The number of methoxy groups -OCH3 is 1. The topological polar surface area (TPSA) is 93.1 Å². The van der Waals surface area contributed by atoms with E-state index in [1.807, 2.05) is 6.92 Å². The number of aromatic carboxylic acids is 1. The maximum absolute atomic E-state index is 11.0. The highest BCUT2D eigenvalue weighted by atomic mass is 16.5. The Morgan fingerprint density at radius 3 is 2.42 bits per heavy atom. The standard InChI is InChI=1S/C13H16O6/c1-3-4-10(13(16)17)19-9-6-5-8(12(14)15)7-11(9)18-2/h5-7,10H,3-4H2,1-2H3,(H,14,15)(H,16,17). The van der Waals surface area contributed by atoms with E-state index in [1.54, 1.807) is 0 Å². The van der Waals surface area contributed by atoms with E-state index in [0.717, 1.165) is 0 Å². The maximum Gasteiger partial charge on any atom is 0.344 e. The third-order valence-corrected chi connectivity index (χ3v) is 2.51. The molecule has 0 aliphatic rings. The van der Waals surface area contributed by atoms with Gasteiger partial charge in [0, 0.05) is 0 Å². The van der Waals surface area contributed by atoms with Crippen molar-refractivity contribution in [2.24, 2.45) is 0 Å². The Balaban J connectivity index is 2.99. The van der Waals surface area contributed by atoms with Gasteiger partial charge < -0.3 is 19.7 Å². The van der Waals surface area contributed by atoms with E-state index in [4.69, 9.17) is 19.7 Å². The first-order valence-electron chi connectivity index (χ1n) is 5.80. The molecule has 6 nitrogen and oxygen atoms in total. The van der Waals surface area contributed by atoms with Crippen LogP contribution in [-0.2, 0) is 4.79 Å². The molecular weight excluding hydrogens is 252 g/mol. The molecule has 0 spiro atoms. The van der Waals surface area contributed by atoms with Gasteiger partial charge in [-0.05, 0) is 24.6 Å². The molecule has 1 atom stereocenters. The zero-order chi connectivity index (χ0) is 14.4. The molecule has 0 aliphatic carbocycles. The molecule has 1 aromatic rings. The summed E-state index contributed by atoms with van der Waals surface area (Å²) in [6.45, 7) is 1.85. The molecule has 0 saturated heterocycles. The van der Waals surface area contributed by atoms with Crippen molar-refractivity contribution in [2.75, 3.05) is 7.11 Å². The number of hydrogen-bond donors (Lipinski definition) is 2. The summed E-state index contributed by atoms with van der Waals surface area (Å²) in [4.78, 5) is 21.8. The van der Waals surface area contributed by atoms with Crippen LogP contribution in [0.15, 0.2) is 18.2 Å². The summed E-state index contributed by atoms with van der Waals surface area (Å²) in [5.74, 6) is -1.74. The van der Waals surface area contributed by atoms with Crippen LogP contribution in [0.3, 0.4) is 0 Å². The van der Waals surface area contributed by atoms with Crippen molar-refractivity contribution in [3.63, 3.8) is 0 Å². The summed E-state index contributed by atoms with van der Waals surface area (Å²) in [5.41, 5.74) is 0.0477. The Bertz CT molecular complexity index is 468. The molecule has 1 rings (SSSR count). The zero-order valence-corrected chi connectivity index (χ0v) is 10.8. The van der Waals surface area contributed by atoms with Crippen molar-refractivity contribution in [2.45, 2.75) is 25.9 Å². The molecule has 1 aromatic carbocycles. The van der Waals surface area contributed by atoms with E-state index >= 15 is 0 Å². The molecular formula is C13H16O6. The molecule has 0 fully saturated rings. The van der Waals surface area contributed by atoms with Gasteiger partial charge in [-0.1, -0.05) is 13.3 Å². The second-order valence-corrected chi connectivity index (χ2v) is 3.90. The van der Waals surface area contributed by atoms with E-state index in [-0.39, 0.29) is 17.1 Å². The van der Waals surface area contributed by atoms with Gasteiger partial charge in [0.15, 0.2) is 17.6 Å². The number of rotatable bonds is 7. The highest BCUT2D eigenvalue weighted by molar-refractivity contribution is 5.88. The molecule has 2 N–H and O–H groups in total. The van der Waals surface area contributed by atoms with E-state index in [1.165, 1.54) is 25.3 Å². The van der Waals surface area contributed by atoms with Gasteiger partial charge in [-0.2, -0.15) is 0 Å². The normalized spacial score (nSPS) is 11.7. The van der Waals surface area contributed by atoms with Gasteiger partial charge in [-0.3, -0.25) is 0 Å². The highest BCUT2D eigenvalue weighted by Crippen LogP contribution is 2.29. The molecule has 0 aromatic heterocycles. The lowest BCUT2D eigenvalue weighted by atomic mass is 10.2. The first-order valence-corrected chi connectivity index (χ1v) is 5.80. The third kappa shape index (κ3) is 3.87. The van der Waals surface area contributed by atoms with Crippen LogP contribution in [0.4, 0.5) is 0 Å². The number of carbonyl (C=O) groups is 2. The molecule has 0 heterocycles. The second kappa shape index (κ2) is 6.63. The Morgan fingerprint density at radius 2 is 1.95 bits per heavy atom. The Kier molecular flexibility index (Phi) is 5.17. The fraction of sp³-hybridized carbons (Fsp3) is 0.385. The van der Waals surface area contributed by atoms with Crippen LogP contribution in [0.1, 0.15) is 30.1 Å². The molecule has 1 unspecified atom stereocenters. The van der Waals surface area contributed by atoms with Crippen LogP contribution in [0.2, 0.25) is 0 Å². The molecule has 104 valence electrons. The minimum absolute atomic E-state index is 0.0477. The van der Waals surface area contributed by atoms with Crippen molar-refractivity contribution in [3.8, 4) is 11.5 Å². The van der Waals surface area contributed by atoms with Gasteiger partial charge in [0.25, 0.3) is 0 Å². The van der Waals surface area contributed by atoms with Crippen LogP contribution in [0, 0.1) is 0 Å². The molecule has 0 saturated carbocycles. The van der Waals surface area contributed by atoms with Crippen LogP contribution < -0.4 is 9.47 Å². The summed E-state index contributed by atoms with van der Waals surface area (Å²) >= 11 is 0. The summed E-state index contributed by atoms with van der Waals surface area (Å²) in [6.07, 6.45) is 0.0423. The number of carboxylic acid groups (broad SMARTS) is 2. The Labute approximate surface area is 110 Å². The summed E-state index contributed by atoms with van der Waals surface area (Å²) in [6, 6.07) is 4.03. The zero-order valence-electron chi connectivity index (χ0n) is 10.8. The third-order valence-electron chi connectivity index (χ3n) is 2.51. The number of benzene rings is 1. The predicted molar refractivity (Wildman–Crippen MR) is 66.9 cm³/mol. The van der Waals surface area contributed by atoms with E-state index in [9.17, 15) is 9.59 Å². The average Bonchev–Trinajstić information content (AvgIpc) is 2.38. The van der Waals surface area contributed by atoms with Crippen LogP contribution >= 0.6 is 0 Å². The van der Waals surface area contributed by atoms with Crippen LogP contribution in [0.5, 0.6) is 11.5 Å². The lowest BCUT2D eigenvalue weighted by Gasteiger charge is -2.16. The molecule has 0 aliphatic heterocycles. The minimum atomic E-state index is -1.09. The van der Waals surface area contributed by atoms with E-state index in [0.29, 0.717) is 12.8 Å². The monoisotopic (exact) mass is 268 g/mol. The SMILES string of the molecule is CCCC(Oc1ccc(C(=O)O)cc1OC)C(=O)O. The largest absolute Gasteiger partial charge is 0.493 e. The molecule has 0 amide bonds. The fourth-order valence-corrected chi connectivity index (χ4v) is 1.55.